The summed E-state index contributed by atoms with van der Waals surface area (Å²) in [6.07, 6.45) is -10.0. The highest BCUT2D eigenvalue weighted by atomic mass is 19.4. The molecule has 0 atom stereocenters. The van der Waals surface area contributed by atoms with Gasteiger partial charge < -0.3 is 4.98 Å². The van der Waals surface area contributed by atoms with Gasteiger partial charge in [0.15, 0.2) is 5.65 Å². The number of imidazole rings is 1. The molecule has 3 aromatic rings. The van der Waals surface area contributed by atoms with Gasteiger partial charge in [-0.15, -0.1) is 0 Å². The summed E-state index contributed by atoms with van der Waals surface area (Å²) in [5.74, 6) is -0.403. The van der Waals surface area contributed by atoms with Gasteiger partial charge in [-0.25, -0.2) is 9.78 Å². The minimum atomic E-state index is -5.02. The summed E-state index contributed by atoms with van der Waals surface area (Å²) in [6, 6.07) is 0.950. The van der Waals surface area contributed by atoms with E-state index in [1.54, 1.807) is 0 Å². The fraction of sp³-hybridized carbons (Fsp3) is 0.267. The molecule has 0 aliphatic heterocycles. The van der Waals surface area contributed by atoms with Crippen molar-refractivity contribution in [1.29, 1.82) is 0 Å². The number of H-pyrrole nitrogens is 1. The van der Waals surface area contributed by atoms with Crippen LogP contribution in [-0.2, 0) is 26.4 Å². The van der Waals surface area contributed by atoms with Gasteiger partial charge in [0.2, 0.25) is 0 Å². The highest BCUT2D eigenvalue weighted by molar-refractivity contribution is 5.75. The van der Waals surface area contributed by atoms with Crippen LogP contribution in [0.5, 0.6) is 0 Å². The van der Waals surface area contributed by atoms with Crippen molar-refractivity contribution in [1.82, 2.24) is 19.1 Å². The van der Waals surface area contributed by atoms with Crippen molar-refractivity contribution in [3.05, 3.63) is 50.2 Å². The number of benzene rings is 1. The summed E-state index contributed by atoms with van der Waals surface area (Å²) < 4.78 is 79.6. The third kappa shape index (κ3) is 3.11. The van der Waals surface area contributed by atoms with Gasteiger partial charge in [-0.3, -0.25) is 13.9 Å². The van der Waals surface area contributed by atoms with E-state index in [0.29, 0.717) is 12.1 Å². The summed E-state index contributed by atoms with van der Waals surface area (Å²) in [7, 11) is 2.44. The molecule has 0 aliphatic carbocycles. The smallest absolute Gasteiger partial charge is 0.332 e. The van der Waals surface area contributed by atoms with Crippen LogP contribution in [0.1, 0.15) is 11.1 Å². The predicted molar refractivity (Wildman–Crippen MR) is 82.0 cm³/mol. The quantitative estimate of drug-likeness (QED) is 0.648. The zero-order chi connectivity index (χ0) is 20.3. The first-order valence-electron chi connectivity index (χ1n) is 7.26. The molecule has 0 bridgehead atoms. The minimum Gasteiger partial charge on any atom is -0.332 e. The molecule has 1 aromatic carbocycles. The van der Waals surface area contributed by atoms with Crippen LogP contribution in [-0.4, -0.2) is 19.1 Å². The molecular weight excluding hydrogens is 382 g/mol. The Labute approximate surface area is 145 Å². The van der Waals surface area contributed by atoms with Crippen molar-refractivity contribution in [2.75, 3.05) is 0 Å². The van der Waals surface area contributed by atoms with Crippen LogP contribution < -0.4 is 11.2 Å². The lowest BCUT2D eigenvalue weighted by Crippen LogP contribution is -2.36. The van der Waals surface area contributed by atoms with Gasteiger partial charge in [-0.2, -0.15) is 26.3 Å². The van der Waals surface area contributed by atoms with Gasteiger partial charge in [-0.05, 0) is 18.2 Å². The van der Waals surface area contributed by atoms with E-state index in [1.807, 2.05) is 0 Å². The molecule has 27 heavy (non-hydrogen) atoms. The van der Waals surface area contributed by atoms with Gasteiger partial charge in [-0.1, -0.05) is 0 Å². The van der Waals surface area contributed by atoms with Crippen LogP contribution in [0.3, 0.4) is 0 Å². The van der Waals surface area contributed by atoms with Crippen LogP contribution in [0.25, 0.3) is 22.6 Å². The highest BCUT2D eigenvalue weighted by Crippen LogP contribution is 2.38. The Hall–Kier alpha value is -3.05. The summed E-state index contributed by atoms with van der Waals surface area (Å²) in [6.45, 7) is 0. The Bertz CT molecular complexity index is 1130. The van der Waals surface area contributed by atoms with Crippen molar-refractivity contribution in [2.45, 2.75) is 12.4 Å². The van der Waals surface area contributed by atoms with Gasteiger partial charge in [0.1, 0.15) is 11.3 Å². The lowest BCUT2D eigenvalue weighted by molar-refractivity contribution is -0.143. The number of halogens is 6. The Kier molecular flexibility index (Phi) is 3.97. The summed E-state index contributed by atoms with van der Waals surface area (Å²) in [5.41, 5.74) is -5.53. The number of fused-ring (bicyclic) bond motifs is 1. The molecule has 1 N–H and O–H groups in total. The van der Waals surface area contributed by atoms with Crippen molar-refractivity contribution in [3.63, 3.8) is 0 Å². The molecule has 0 unspecified atom stereocenters. The number of aryl methyl sites for hydroxylation is 1. The lowest BCUT2D eigenvalue weighted by atomic mass is 10.0. The van der Waals surface area contributed by atoms with Gasteiger partial charge in [0.05, 0.1) is 11.1 Å². The van der Waals surface area contributed by atoms with E-state index in [-0.39, 0.29) is 17.2 Å². The summed E-state index contributed by atoms with van der Waals surface area (Å²) in [4.78, 5) is 30.3. The molecule has 0 aliphatic rings. The molecule has 12 heteroatoms. The standard InChI is InChI=1S/C15H10F6N4O2/c1-24-11-9(12(26)25(2)13(24)27)22-10(23-11)6-3-7(14(16,17)18)5-8(4-6)15(19,20)21/h3-5H,1-2H3,(H,22,23). The zero-order valence-electron chi connectivity index (χ0n) is 13.7. The van der Waals surface area contributed by atoms with Crippen LogP contribution >= 0.6 is 0 Å². The number of nitrogens with zero attached hydrogens (tertiary/aromatic N) is 3. The number of aromatic nitrogens is 4. The topological polar surface area (TPSA) is 72.7 Å². The molecule has 3 rings (SSSR count). The molecule has 2 aromatic heterocycles. The second-order valence-corrected chi connectivity index (χ2v) is 5.78. The molecule has 0 saturated heterocycles. The summed E-state index contributed by atoms with van der Waals surface area (Å²) >= 11 is 0. The average molecular weight is 392 g/mol. The SMILES string of the molecule is Cn1c(=O)c2[nH]c(-c3cc(C(F)(F)F)cc(C(F)(F)F)c3)nc2n(C)c1=O. The molecule has 0 spiro atoms. The van der Waals surface area contributed by atoms with Crippen molar-refractivity contribution in [2.24, 2.45) is 14.1 Å². The Morgan fingerprint density at radius 1 is 0.889 bits per heavy atom. The zero-order valence-corrected chi connectivity index (χ0v) is 13.7. The van der Waals surface area contributed by atoms with Crippen LogP contribution in [0, 0.1) is 0 Å². The molecule has 0 fully saturated rings. The van der Waals surface area contributed by atoms with Crippen molar-refractivity contribution in [3.8, 4) is 11.4 Å². The molecular formula is C15H10F6N4O2. The average Bonchev–Trinajstić information content (AvgIpc) is 3.01. The van der Waals surface area contributed by atoms with E-state index in [2.05, 4.69) is 9.97 Å². The van der Waals surface area contributed by atoms with E-state index in [0.717, 1.165) is 9.13 Å². The molecule has 6 nitrogen and oxygen atoms in total. The van der Waals surface area contributed by atoms with E-state index in [9.17, 15) is 35.9 Å². The highest BCUT2D eigenvalue weighted by Gasteiger charge is 2.37. The van der Waals surface area contributed by atoms with Crippen LogP contribution in [0.15, 0.2) is 27.8 Å². The number of hydrogen-bond acceptors (Lipinski definition) is 3. The molecule has 0 saturated carbocycles. The van der Waals surface area contributed by atoms with E-state index < -0.39 is 46.1 Å². The van der Waals surface area contributed by atoms with E-state index >= 15 is 0 Å². The van der Waals surface area contributed by atoms with Gasteiger partial charge in [0.25, 0.3) is 5.56 Å². The maximum absolute atomic E-state index is 13.0. The third-order valence-electron chi connectivity index (χ3n) is 3.96. The number of rotatable bonds is 1. The van der Waals surface area contributed by atoms with Gasteiger partial charge in [0, 0.05) is 19.7 Å². The maximum Gasteiger partial charge on any atom is 0.416 e. The Morgan fingerprint density at radius 2 is 1.41 bits per heavy atom. The summed E-state index contributed by atoms with van der Waals surface area (Å²) in [5, 5.41) is 0. The van der Waals surface area contributed by atoms with Gasteiger partial charge >= 0.3 is 18.0 Å². The first-order chi connectivity index (χ1) is 12.3. The Balaban J connectivity index is 2.34. The lowest BCUT2D eigenvalue weighted by Gasteiger charge is -2.13. The second kappa shape index (κ2) is 5.72. The number of alkyl halides is 6. The largest absolute Gasteiger partial charge is 0.416 e. The molecule has 144 valence electrons. The number of hydrogen-bond donors (Lipinski definition) is 1. The first-order valence-corrected chi connectivity index (χ1v) is 7.26. The second-order valence-electron chi connectivity index (χ2n) is 5.78. The molecule has 2 heterocycles. The Morgan fingerprint density at radius 3 is 1.89 bits per heavy atom. The normalized spacial score (nSPS) is 12.7. The minimum absolute atomic E-state index is 0.0130. The third-order valence-corrected chi connectivity index (χ3v) is 3.96. The number of nitrogens with one attached hydrogen (secondary N) is 1. The van der Waals surface area contributed by atoms with Crippen molar-refractivity contribution >= 4 is 11.2 Å². The fourth-order valence-corrected chi connectivity index (χ4v) is 2.55. The monoisotopic (exact) mass is 392 g/mol. The van der Waals surface area contributed by atoms with Crippen LogP contribution in [0.4, 0.5) is 26.3 Å². The molecule has 0 amide bonds. The fourth-order valence-electron chi connectivity index (χ4n) is 2.55. The number of aromatic amines is 1. The van der Waals surface area contributed by atoms with Crippen molar-refractivity contribution < 1.29 is 26.3 Å². The van der Waals surface area contributed by atoms with Crippen LogP contribution in [0.2, 0.25) is 0 Å². The first kappa shape index (κ1) is 18.7. The van der Waals surface area contributed by atoms with E-state index in [4.69, 9.17) is 0 Å². The molecule has 0 radical (unpaired) electrons. The van der Waals surface area contributed by atoms with E-state index in [1.165, 1.54) is 14.1 Å². The predicted octanol–water partition coefficient (Wildman–Crippen LogP) is 2.66. The maximum atomic E-state index is 13.0.